The Bertz CT molecular complexity index is 1290. The first-order valence-electron chi connectivity index (χ1n) is 36.3. The van der Waals surface area contributed by atoms with Crippen molar-refractivity contribution in [2.24, 2.45) is 0 Å². The van der Waals surface area contributed by atoms with Gasteiger partial charge in [-0.25, -0.2) is 0 Å². The molecule has 1 atom stereocenters. The molecule has 0 aliphatic rings. The summed E-state index contributed by atoms with van der Waals surface area (Å²) in [4.78, 5) is 38.4. The number of unbranched alkanes of at least 4 members (excludes halogenated alkanes) is 53. The largest absolute Gasteiger partial charge is 0.462 e. The maximum atomic E-state index is 12.9. The van der Waals surface area contributed by atoms with Gasteiger partial charge in [0.2, 0.25) is 0 Å². The van der Waals surface area contributed by atoms with Crippen LogP contribution in [0.15, 0.2) is 24.3 Å². The van der Waals surface area contributed by atoms with E-state index < -0.39 is 6.10 Å². The minimum atomic E-state index is -0.770. The quantitative estimate of drug-likeness (QED) is 0.0261. The molecule has 0 bridgehead atoms. The minimum Gasteiger partial charge on any atom is -0.462 e. The van der Waals surface area contributed by atoms with Crippen LogP contribution in [0.25, 0.3) is 0 Å². The van der Waals surface area contributed by atoms with E-state index in [4.69, 9.17) is 14.2 Å². The van der Waals surface area contributed by atoms with Crippen LogP contribution in [0.4, 0.5) is 0 Å². The number of rotatable bonds is 68. The molecule has 0 heterocycles. The SMILES string of the molecule is CCCCCCCCC/C=C\CCCCCCCCCC(=O)OC(COC(=O)CCCCCCCCCCCCCCC)COC(=O)CCCCCCCCCCCCCCCCCCCCC/C=C\CCCCCCCCCC. The Morgan fingerprint density at radius 3 is 0.625 bits per heavy atom. The minimum absolute atomic E-state index is 0.0665. The summed E-state index contributed by atoms with van der Waals surface area (Å²) in [6.07, 6.45) is 85.1. The average Bonchev–Trinajstić information content (AvgIpc) is 3.46. The summed E-state index contributed by atoms with van der Waals surface area (Å²) in [5.41, 5.74) is 0. The lowest BCUT2D eigenvalue weighted by atomic mass is 10.0. The molecule has 0 amide bonds. The van der Waals surface area contributed by atoms with Crippen LogP contribution in [0.5, 0.6) is 0 Å². The van der Waals surface area contributed by atoms with Crippen LogP contribution in [0, 0.1) is 0 Å². The molecule has 6 nitrogen and oxygen atoms in total. The third kappa shape index (κ3) is 66.7. The Morgan fingerprint density at radius 2 is 0.412 bits per heavy atom. The van der Waals surface area contributed by atoms with Crippen molar-refractivity contribution in [3.63, 3.8) is 0 Å². The van der Waals surface area contributed by atoms with Gasteiger partial charge in [0.25, 0.3) is 0 Å². The average molecular weight is 1130 g/mol. The molecule has 0 radical (unpaired) electrons. The first kappa shape index (κ1) is 77.9. The van der Waals surface area contributed by atoms with Crippen molar-refractivity contribution in [2.75, 3.05) is 13.2 Å². The molecule has 472 valence electrons. The molecular weight excluding hydrogens is 985 g/mol. The molecule has 0 aromatic heterocycles. The summed E-state index contributed by atoms with van der Waals surface area (Å²) in [6.45, 7) is 6.71. The van der Waals surface area contributed by atoms with Crippen molar-refractivity contribution < 1.29 is 28.6 Å². The Labute approximate surface area is 500 Å². The zero-order valence-corrected chi connectivity index (χ0v) is 54.4. The number of hydrogen-bond donors (Lipinski definition) is 0. The monoisotopic (exact) mass is 1130 g/mol. The van der Waals surface area contributed by atoms with E-state index >= 15 is 0 Å². The van der Waals surface area contributed by atoms with Crippen molar-refractivity contribution in [3.05, 3.63) is 24.3 Å². The highest BCUT2D eigenvalue weighted by Crippen LogP contribution is 2.19. The topological polar surface area (TPSA) is 78.9 Å². The highest BCUT2D eigenvalue weighted by atomic mass is 16.6. The van der Waals surface area contributed by atoms with E-state index in [2.05, 4.69) is 45.1 Å². The van der Waals surface area contributed by atoms with E-state index in [9.17, 15) is 14.4 Å². The number of ether oxygens (including phenoxy) is 3. The van der Waals surface area contributed by atoms with Crippen LogP contribution in [-0.4, -0.2) is 37.2 Å². The van der Waals surface area contributed by atoms with E-state index in [0.29, 0.717) is 19.3 Å². The molecule has 0 spiro atoms. The normalized spacial score (nSPS) is 12.1. The Kier molecular flexibility index (Phi) is 67.6. The molecule has 0 aliphatic carbocycles. The van der Waals surface area contributed by atoms with Gasteiger partial charge in [-0.05, 0) is 70.6 Å². The first-order valence-corrected chi connectivity index (χ1v) is 36.3. The predicted octanol–water partition coefficient (Wildman–Crippen LogP) is 25.0. The predicted molar refractivity (Wildman–Crippen MR) is 349 cm³/mol. The summed E-state index contributed by atoms with van der Waals surface area (Å²) in [5, 5.41) is 0. The number of allylic oxidation sites excluding steroid dienone is 4. The Morgan fingerprint density at radius 1 is 0.237 bits per heavy atom. The molecule has 0 saturated heterocycles. The van der Waals surface area contributed by atoms with Crippen LogP contribution in [0.3, 0.4) is 0 Å². The molecule has 0 N–H and O–H groups in total. The summed E-state index contributed by atoms with van der Waals surface area (Å²) in [6, 6.07) is 0. The molecule has 0 saturated carbocycles. The lowest BCUT2D eigenvalue weighted by Gasteiger charge is -2.18. The van der Waals surface area contributed by atoms with E-state index in [-0.39, 0.29) is 31.1 Å². The molecule has 0 fully saturated rings. The smallest absolute Gasteiger partial charge is 0.306 e. The first-order chi connectivity index (χ1) is 39.5. The fourth-order valence-electron chi connectivity index (χ4n) is 11.2. The van der Waals surface area contributed by atoms with Crippen molar-refractivity contribution in [3.8, 4) is 0 Å². The van der Waals surface area contributed by atoms with E-state index in [1.54, 1.807) is 0 Å². The van der Waals surface area contributed by atoms with Gasteiger partial charge in [0.15, 0.2) is 6.10 Å². The summed E-state index contributed by atoms with van der Waals surface area (Å²) < 4.78 is 17.0. The van der Waals surface area contributed by atoms with Gasteiger partial charge < -0.3 is 14.2 Å². The molecular formula is C74H140O6. The summed E-state index contributed by atoms with van der Waals surface area (Å²) in [7, 11) is 0. The van der Waals surface area contributed by atoms with Gasteiger partial charge in [-0.15, -0.1) is 0 Å². The van der Waals surface area contributed by atoms with Crippen molar-refractivity contribution in [1.29, 1.82) is 0 Å². The third-order valence-electron chi connectivity index (χ3n) is 16.7. The highest BCUT2D eigenvalue weighted by Gasteiger charge is 2.19. The zero-order chi connectivity index (χ0) is 57.8. The third-order valence-corrected chi connectivity index (χ3v) is 16.7. The Balaban J connectivity index is 4.13. The second kappa shape index (κ2) is 69.4. The van der Waals surface area contributed by atoms with E-state index in [1.807, 2.05) is 0 Å². The van der Waals surface area contributed by atoms with Gasteiger partial charge in [-0.2, -0.15) is 0 Å². The van der Waals surface area contributed by atoms with Crippen LogP contribution >= 0.6 is 0 Å². The van der Waals surface area contributed by atoms with Crippen LogP contribution in [0.2, 0.25) is 0 Å². The lowest BCUT2D eigenvalue weighted by Crippen LogP contribution is -2.30. The van der Waals surface area contributed by atoms with Gasteiger partial charge in [0.1, 0.15) is 13.2 Å². The second-order valence-electron chi connectivity index (χ2n) is 24.9. The van der Waals surface area contributed by atoms with Crippen LogP contribution < -0.4 is 0 Å². The molecule has 6 heteroatoms. The Hall–Kier alpha value is -2.11. The molecule has 0 aromatic rings. The summed E-state index contributed by atoms with van der Waals surface area (Å²) >= 11 is 0. The molecule has 80 heavy (non-hydrogen) atoms. The maximum Gasteiger partial charge on any atom is 0.306 e. The lowest BCUT2D eigenvalue weighted by molar-refractivity contribution is -0.167. The fourth-order valence-corrected chi connectivity index (χ4v) is 11.2. The van der Waals surface area contributed by atoms with Crippen molar-refractivity contribution in [2.45, 2.75) is 419 Å². The zero-order valence-electron chi connectivity index (χ0n) is 54.4. The fraction of sp³-hybridized carbons (Fsp3) is 0.905. The van der Waals surface area contributed by atoms with E-state index in [1.165, 1.54) is 315 Å². The number of carbonyl (C=O) groups is 3. The number of carbonyl (C=O) groups excluding carboxylic acids is 3. The molecule has 0 aliphatic heterocycles. The standard InChI is InChI=1S/C74H140O6/c1-4-7-10-13-16-19-22-25-27-29-31-32-33-34-35-36-37-38-39-40-41-42-43-45-46-49-52-55-58-61-64-67-73(76)79-70-71(69-78-72(75)66-63-60-57-54-51-48-24-21-18-15-12-9-6-3)80-74(77)68-65-62-59-56-53-50-47-44-30-28-26-23-20-17-14-11-8-5-2/h28-31,71H,4-27,32-70H2,1-3H3/b30-28-,31-29-. The van der Waals surface area contributed by atoms with Crippen molar-refractivity contribution in [1.82, 2.24) is 0 Å². The van der Waals surface area contributed by atoms with Gasteiger partial charge in [-0.1, -0.05) is 347 Å². The van der Waals surface area contributed by atoms with Crippen molar-refractivity contribution >= 4 is 17.9 Å². The van der Waals surface area contributed by atoms with Crippen LogP contribution in [-0.2, 0) is 28.6 Å². The maximum absolute atomic E-state index is 12.9. The molecule has 0 aromatic carbocycles. The number of esters is 3. The highest BCUT2D eigenvalue weighted by molar-refractivity contribution is 5.71. The van der Waals surface area contributed by atoms with Crippen LogP contribution in [0.1, 0.15) is 412 Å². The second-order valence-corrected chi connectivity index (χ2v) is 24.9. The van der Waals surface area contributed by atoms with Gasteiger partial charge in [0.05, 0.1) is 0 Å². The van der Waals surface area contributed by atoms with E-state index in [0.717, 1.165) is 57.8 Å². The van der Waals surface area contributed by atoms with Gasteiger partial charge in [-0.3, -0.25) is 14.4 Å². The molecule has 1 unspecified atom stereocenters. The molecule has 0 rings (SSSR count). The van der Waals surface area contributed by atoms with Gasteiger partial charge in [0, 0.05) is 19.3 Å². The van der Waals surface area contributed by atoms with Gasteiger partial charge >= 0.3 is 17.9 Å². The summed E-state index contributed by atoms with van der Waals surface area (Å²) in [5.74, 6) is -0.839. The number of hydrogen-bond acceptors (Lipinski definition) is 6.